The number of amides is 2. The second-order valence-electron chi connectivity index (χ2n) is 7.40. The van der Waals surface area contributed by atoms with E-state index < -0.39 is 0 Å². The molecule has 2 aromatic rings. The van der Waals surface area contributed by atoms with E-state index in [0.29, 0.717) is 32.8 Å². The van der Waals surface area contributed by atoms with Crippen molar-refractivity contribution in [3.63, 3.8) is 0 Å². The van der Waals surface area contributed by atoms with Gasteiger partial charge in [-0.25, -0.2) is 4.79 Å². The highest BCUT2D eigenvalue weighted by Crippen LogP contribution is 2.18. The van der Waals surface area contributed by atoms with Gasteiger partial charge in [0.05, 0.1) is 6.61 Å². The van der Waals surface area contributed by atoms with E-state index in [1.165, 1.54) is 10.6 Å². The van der Waals surface area contributed by atoms with E-state index >= 15 is 0 Å². The van der Waals surface area contributed by atoms with Crippen molar-refractivity contribution < 1.29 is 14.3 Å². The number of carbonyl (C=O) groups is 2. The van der Waals surface area contributed by atoms with Gasteiger partial charge in [-0.3, -0.25) is 14.2 Å². The molecule has 1 aliphatic rings. The van der Waals surface area contributed by atoms with E-state index in [4.69, 9.17) is 4.74 Å². The molecule has 164 valence electrons. The van der Waals surface area contributed by atoms with Crippen LogP contribution in [0.25, 0.3) is 11.8 Å². The molecule has 2 amide bonds. The average Bonchev–Trinajstić information content (AvgIpc) is 2.78. The number of hydrogen-bond acceptors (Lipinski definition) is 5. The fraction of sp³-hybridized carbons (Fsp3) is 0.348. The number of hydrogen-bond donors (Lipinski definition) is 0. The minimum absolute atomic E-state index is 0.256. The first kappa shape index (κ1) is 22.1. The smallest absolute Gasteiger partial charge is 0.409 e. The number of carbonyl (C=O) groups excluding carboxylic acids is 2. The van der Waals surface area contributed by atoms with Crippen LogP contribution < -0.4 is 10.5 Å². The predicted molar refractivity (Wildman–Crippen MR) is 121 cm³/mol. The zero-order chi connectivity index (χ0) is 22.4. The molecule has 1 aromatic carbocycles. The molecular weight excluding hydrogens is 396 g/mol. The number of piperazine rings is 1. The summed E-state index contributed by atoms with van der Waals surface area (Å²) in [5, 5.41) is 0. The number of anilines is 1. The quantitative estimate of drug-likeness (QED) is 0.688. The molecular formula is C23H28N4O4. The first-order valence-corrected chi connectivity index (χ1v) is 10.3. The van der Waals surface area contributed by atoms with Crippen LogP contribution in [0.15, 0.2) is 53.5 Å². The Bertz CT molecular complexity index is 1000. The van der Waals surface area contributed by atoms with Gasteiger partial charge in [0.2, 0.25) is 0 Å². The van der Waals surface area contributed by atoms with Crippen LogP contribution in [0.4, 0.5) is 10.5 Å². The SMILES string of the molecule is CCOC(=O)N1CCN(C(=O)/C(=C\c2ccc(N(C)C)cc2)n2ccccc2=O)CC1. The van der Waals surface area contributed by atoms with Gasteiger partial charge in [-0.15, -0.1) is 0 Å². The summed E-state index contributed by atoms with van der Waals surface area (Å²) in [6.45, 7) is 3.59. The summed E-state index contributed by atoms with van der Waals surface area (Å²) < 4.78 is 6.40. The van der Waals surface area contributed by atoms with Gasteiger partial charge in [0, 0.05) is 58.2 Å². The number of nitrogens with zero attached hydrogens (tertiary/aromatic N) is 4. The van der Waals surface area contributed by atoms with Crippen molar-refractivity contribution in [3.05, 3.63) is 64.6 Å². The van der Waals surface area contributed by atoms with Crippen molar-refractivity contribution in [1.82, 2.24) is 14.4 Å². The largest absolute Gasteiger partial charge is 0.450 e. The summed E-state index contributed by atoms with van der Waals surface area (Å²) in [6, 6.07) is 12.5. The Morgan fingerprint density at radius 1 is 1.00 bits per heavy atom. The molecule has 8 nitrogen and oxygen atoms in total. The standard InChI is InChI=1S/C23H28N4O4/c1-4-31-23(30)26-15-13-25(14-16-26)22(29)20(27-12-6-5-7-21(27)28)17-18-8-10-19(11-9-18)24(2)3/h5-12,17H,4,13-16H2,1-3H3/b20-17+. The molecule has 0 bridgehead atoms. The highest BCUT2D eigenvalue weighted by atomic mass is 16.6. The van der Waals surface area contributed by atoms with Gasteiger partial charge in [0.15, 0.2) is 0 Å². The van der Waals surface area contributed by atoms with Crippen LogP contribution in [0.2, 0.25) is 0 Å². The van der Waals surface area contributed by atoms with Gasteiger partial charge in [-0.05, 0) is 36.8 Å². The summed E-state index contributed by atoms with van der Waals surface area (Å²) in [4.78, 5) is 43.0. The number of aromatic nitrogens is 1. The van der Waals surface area contributed by atoms with Crippen LogP contribution in [0, 0.1) is 0 Å². The molecule has 1 aliphatic heterocycles. The Labute approximate surface area is 181 Å². The van der Waals surface area contributed by atoms with E-state index in [-0.39, 0.29) is 23.3 Å². The highest BCUT2D eigenvalue weighted by molar-refractivity contribution is 6.18. The topological polar surface area (TPSA) is 75.1 Å². The molecule has 0 spiro atoms. The summed E-state index contributed by atoms with van der Waals surface area (Å²) in [7, 11) is 3.92. The van der Waals surface area contributed by atoms with Crippen LogP contribution >= 0.6 is 0 Å². The van der Waals surface area contributed by atoms with Crippen molar-refractivity contribution in [2.75, 3.05) is 51.8 Å². The van der Waals surface area contributed by atoms with Gasteiger partial charge in [-0.2, -0.15) is 0 Å². The summed E-state index contributed by atoms with van der Waals surface area (Å²) >= 11 is 0. The maximum atomic E-state index is 13.4. The minimum atomic E-state index is -0.370. The molecule has 0 unspecified atom stereocenters. The third-order valence-corrected chi connectivity index (χ3v) is 5.11. The average molecular weight is 425 g/mol. The molecule has 0 atom stereocenters. The van der Waals surface area contributed by atoms with Gasteiger partial charge in [0.25, 0.3) is 11.5 Å². The van der Waals surface area contributed by atoms with Crippen LogP contribution in [-0.4, -0.2) is 73.2 Å². The lowest BCUT2D eigenvalue weighted by atomic mass is 10.1. The lowest BCUT2D eigenvalue weighted by molar-refractivity contribution is -0.126. The van der Waals surface area contributed by atoms with Crippen LogP contribution in [0.3, 0.4) is 0 Å². The number of benzene rings is 1. The number of ether oxygens (including phenoxy) is 1. The number of rotatable bonds is 5. The fourth-order valence-corrected chi connectivity index (χ4v) is 3.36. The fourth-order valence-electron chi connectivity index (χ4n) is 3.36. The van der Waals surface area contributed by atoms with Gasteiger partial charge >= 0.3 is 6.09 Å². The normalized spacial score (nSPS) is 14.4. The number of pyridine rings is 1. The van der Waals surface area contributed by atoms with Crippen LogP contribution in [0.1, 0.15) is 12.5 Å². The third-order valence-electron chi connectivity index (χ3n) is 5.11. The molecule has 2 heterocycles. The highest BCUT2D eigenvalue weighted by Gasteiger charge is 2.27. The van der Waals surface area contributed by atoms with Crippen molar-refractivity contribution in [2.24, 2.45) is 0 Å². The molecule has 1 aromatic heterocycles. The van der Waals surface area contributed by atoms with Crippen molar-refractivity contribution in [3.8, 4) is 0 Å². The predicted octanol–water partition coefficient (Wildman–Crippen LogP) is 2.21. The second kappa shape index (κ2) is 9.97. The Morgan fingerprint density at radius 3 is 2.23 bits per heavy atom. The third kappa shape index (κ3) is 5.33. The van der Waals surface area contributed by atoms with E-state index in [2.05, 4.69) is 0 Å². The molecule has 1 saturated heterocycles. The molecule has 0 N–H and O–H groups in total. The maximum absolute atomic E-state index is 13.4. The first-order valence-electron chi connectivity index (χ1n) is 10.3. The Balaban J connectivity index is 1.87. The Morgan fingerprint density at radius 2 is 1.65 bits per heavy atom. The molecule has 3 rings (SSSR count). The van der Waals surface area contributed by atoms with Crippen LogP contribution in [0.5, 0.6) is 0 Å². The van der Waals surface area contributed by atoms with Crippen molar-refractivity contribution in [1.29, 1.82) is 0 Å². The van der Waals surface area contributed by atoms with Gasteiger partial charge in [0.1, 0.15) is 5.70 Å². The van der Waals surface area contributed by atoms with Gasteiger partial charge < -0.3 is 19.4 Å². The second-order valence-corrected chi connectivity index (χ2v) is 7.40. The summed E-state index contributed by atoms with van der Waals surface area (Å²) in [5.41, 5.74) is 1.84. The molecule has 31 heavy (non-hydrogen) atoms. The van der Waals surface area contributed by atoms with Gasteiger partial charge in [-0.1, -0.05) is 18.2 Å². The van der Waals surface area contributed by atoms with E-state index in [9.17, 15) is 14.4 Å². The van der Waals surface area contributed by atoms with E-state index in [1.807, 2.05) is 43.3 Å². The Hall–Kier alpha value is -3.55. The zero-order valence-corrected chi connectivity index (χ0v) is 18.2. The molecule has 1 fully saturated rings. The minimum Gasteiger partial charge on any atom is -0.450 e. The summed E-state index contributed by atoms with van der Waals surface area (Å²) in [6.07, 6.45) is 2.95. The first-order chi connectivity index (χ1) is 14.9. The lowest BCUT2D eigenvalue weighted by Gasteiger charge is -2.34. The van der Waals surface area contributed by atoms with Crippen molar-refractivity contribution >= 4 is 29.5 Å². The maximum Gasteiger partial charge on any atom is 0.409 e. The van der Waals surface area contributed by atoms with E-state index in [0.717, 1.165) is 11.3 Å². The Kier molecular flexibility index (Phi) is 7.12. The summed E-state index contributed by atoms with van der Waals surface area (Å²) in [5.74, 6) is -0.256. The van der Waals surface area contributed by atoms with Crippen molar-refractivity contribution in [2.45, 2.75) is 6.92 Å². The molecule has 0 aliphatic carbocycles. The lowest BCUT2D eigenvalue weighted by Crippen LogP contribution is -2.51. The molecule has 8 heteroatoms. The monoisotopic (exact) mass is 424 g/mol. The molecule has 0 radical (unpaired) electrons. The zero-order valence-electron chi connectivity index (χ0n) is 18.2. The molecule has 0 saturated carbocycles. The van der Waals surface area contributed by atoms with E-state index in [1.54, 1.807) is 41.1 Å². The van der Waals surface area contributed by atoms with Crippen LogP contribution in [-0.2, 0) is 9.53 Å².